The minimum atomic E-state index is -0.460. The number of benzene rings is 1. The van der Waals surface area contributed by atoms with Crippen LogP contribution in [0.5, 0.6) is 5.75 Å². The van der Waals surface area contributed by atoms with E-state index >= 15 is 0 Å². The number of hydrogen-bond acceptors (Lipinski definition) is 5. The molecule has 0 bridgehead atoms. The lowest BCUT2D eigenvalue weighted by Crippen LogP contribution is -2.07. The standard InChI is InChI=1S/C12H12N2O3/c1-3-17-12(15)11-7-13-10-6-8(16-2)4-5-9(10)14-11/h4-7H,3H2,1-2H3. The first-order valence-electron chi connectivity index (χ1n) is 5.22. The van der Waals surface area contributed by atoms with Gasteiger partial charge < -0.3 is 9.47 Å². The smallest absolute Gasteiger partial charge is 0.358 e. The lowest BCUT2D eigenvalue weighted by atomic mass is 10.2. The van der Waals surface area contributed by atoms with E-state index in [0.29, 0.717) is 23.4 Å². The molecule has 0 N–H and O–H groups in total. The van der Waals surface area contributed by atoms with E-state index in [0.717, 1.165) is 0 Å². The molecule has 0 saturated carbocycles. The van der Waals surface area contributed by atoms with E-state index in [2.05, 4.69) is 9.97 Å². The molecule has 2 aromatic rings. The zero-order chi connectivity index (χ0) is 12.3. The number of carbonyl (C=O) groups excluding carboxylic acids is 1. The van der Waals surface area contributed by atoms with Gasteiger partial charge in [0, 0.05) is 6.07 Å². The van der Waals surface area contributed by atoms with Crippen LogP contribution in [0.2, 0.25) is 0 Å². The monoisotopic (exact) mass is 232 g/mol. The van der Waals surface area contributed by atoms with Gasteiger partial charge in [0.05, 0.1) is 30.9 Å². The summed E-state index contributed by atoms with van der Waals surface area (Å²) in [4.78, 5) is 19.8. The first kappa shape index (κ1) is 11.3. The molecule has 0 aliphatic heterocycles. The molecule has 0 aliphatic carbocycles. The van der Waals surface area contributed by atoms with Gasteiger partial charge in [-0.05, 0) is 19.1 Å². The predicted octanol–water partition coefficient (Wildman–Crippen LogP) is 1.82. The quantitative estimate of drug-likeness (QED) is 0.755. The predicted molar refractivity (Wildman–Crippen MR) is 62.0 cm³/mol. The summed E-state index contributed by atoms with van der Waals surface area (Å²) in [5.74, 6) is 0.244. The molecular formula is C12H12N2O3. The molecule has 88 valence electrons. The van der Waals surface area contributed by atoms with E-state index in [1.807, 2.05) is 0 Å². The number of methoxy groups -OCH3 is 1. The number of ether oxygens (including phenoxy) is 2. The SMILES string of the molecule is CCOC(=O)c1cnc2cc(OC)ccc2n1. The van der Waals surface area contributed by atoms with Crippen molar-refractivity contribution >= 4 is 17.0 Å². The Morgan fingerprint density at radius 2 is 2.18 bits per heavy atom. The summed E-state index contributed by atoms with van der Waals surface area (Å²) in [6.45, 7) is 2.07. The van der Waals surface area contributed by atoms with Gasteiger partial charge in [-0.2, -0.15) is 0 Å². The van der Waals surface area contributed by atoms with Crippen molar-refractivity contribution < 1.29 is 14.3 Å². The van der Waals surface area contributed by atoms with Crippen LogP contribution >= 0.6 is 0 Å². The molecular weight excluding hydrogens is 220 g/mol. The fourth-order valence-corrected chi connectivity index (χ4v) is 1.42. The third-order valence-electron chi connectivity index (χ3n) is 2.23. The van der Waals surface area contributed by atoms with Crippen molar-refractivity contribution in [1.29, 1.82) is 0 Å². The molecule has 0 amide bonds. The molecule has 5 nitrogen and oxygen atoms in total. The molecule has 5 heteroatoms. The molecule has 0 unspecified atom stereocenters. The third kappa shape index (κ3) is 2.33. The average molecular weight is 232 g/mol. The second-order valence-corrected chi connectivity index (χ2v) is 3.33. The normalized spacial score (nSPS) is 10.2. The number of nitrogens with zero attached hydrogens (tertiary/aromatic N) is 2. The van der Waals surface area contributed by atoms with Crippen LogP contribution in [0.3, 0.4) is 0 Å². The van der Waals surface area contributed by atoms with Crippen LogP contribution in [0, 0.1) is 0 Å². The van der Waals surface area contributed by atoms with Gasteiger partial charge in [0.25, 0.3) is 0 Å². The summed E-state index contributed by atoms with van der Waals surface area (Å²) in [7, 11) is 1.58. The summed E-state index contributed by atoms with van der Waals surface area (Å²) in [6.07, 6.45) is 1.40. The average Bonchev–Trinajstić information content (AvgIpc) is 2.37. The van der Waals surface area contributed by atoms with Gasteiger partial charge in [0.15, 0.2) is 5.69 Å². The van der Waals surface area contributed by atoms with Crippen LogP contribution in [-0.2, 0) is 4.74 Å². The highest BCUT2D eigenvalue weighted by Gasteiger charge is 2.09. The second kappa shape index (κ2) is 4.78. The third-order valence-corrected chi connectivity index (χ3v) is 2.23. The molecule has 0 atom stereocenters. The van der Waals surface area contributed by atoms with Crippen molar-refractivity contribution in [3.63, 3.8) is 0 Å². The molecule has 0 aliphatic rings. The summed E-state index contributed by atoms with van der Waals surface area (Å²) in [6, 6.07) is 5.28. The lowest BCUT2D eigenvalue weighted by Gasteiger charge is -2.03. The van der Waals surface area contributed by atoms with Crippen LogP contribution in [-0.4, -0.2) is 29.7 Å². The first-order valence-corrected chi connectivity index (χ1v) is 5.22. The van der Waals surface area contributed by atoms with Gasteiger partial charge in [0.1, 0.15) is 5.75 Å². The number of rotatable bonds is 3. The Hall–Kier alpha value is -2.17. The highest BCUT2D eigenvalue weighted by Crippen LogP contribution is 2.17. The Balaban J connectivity index is 2.41. The van der Waals surface area contributed by atoms with E-state index in [1.165, 1.54) is 6.20 Å². The van der Waals surface area contributed by atoms with Gasteiger partial charge in [-0.25, -0.2) is 9.78 Å². The van der Waals surface area contributed by atoms with Crippen molar-refractivity contribution in [3.8, 4) is 5.75 Å². The Bertz CT molecular complexity index is 554. The Morgan fingerprint density at radius 3 is 2.88 bits per heavy atom. The maximum atomic E-state index is 11.5. The van der Waals surface area contributed by atoms with E-state index in [1.54, 1.807) is 32.2 Å². The van der Waals surface area contributed by atoms with Gasteiger partial charge in [0.2, 0.25) is 0 Å². The molecule has 0 spiro atoms. The van der Waals surface area contributed by atoms with Crippen molar-refractivity contribution in [2.45, 2.75) is 6.92 Å². The van der Waals surface area contributed by atoms with Crippen LogP contribution in [0.1, 0.15) is 17.4 Å². The Kier molecular flexibility index (Phi) is 3.18. The van der Waals surface area contributed by atoms with E-state index < -0.39 is 5.97 Å². The number of fused-ring (bicyclic) bond motifs is 1. The molecule has 0 radical (unpaired) electrons. The molecule has 17 heavy (non-hydrogen) atoms. The first-order chi connectivity index (χ1) is 8.24. The summed E-state index contributed by atoms with van der Waals surface area (Å²) in [5, 5.41) is 0. The van der Waals surface area contributed by atoms with Crippen LogP contribution in [0.15, 0.2) is 24.4 Å². The maximum Gasteiger partial charge on any atom is 0.358 e. The fraction of sp³-hybridized carbons (Fsp3) is 0.250. The number of hydrogen-bond donors (Lipinski definition) is 0. The summed E-state index contributed by atoms with van der Waals surface area (Å²) in [5.41, 5.74) is 1.53. The molecule has 1 aromatic heterocycles. The molecule has 1 aromatic carbocycles. The molecule has 2 rings (SSSR count). The van der Waals surface area contributed by atoms with Crippen molar-refractivity contribution in [3.05, 3.63) is 30.1 Å². The molecule has 0 fully saturated rings. The number of carbonyl (C=O) groups is 1. The summed E-state index contributed by atoms with van der Waals surface area (Å²) < 4.78 is 9.93. The number of aromatic nitrogens is 2. The van der Waals surface area contributed by atoms with Crippen LogP contribution < -0.4 is 4.74 Å². The van der Waals surface area contributed by atoms with Crippen molar-refractivity contribution in [2.24, 2.45) is 0 Å². The highest BCUT2D eigenvalue weighted by molar-refractivity contribution is 5.89. The number of esters is 1. The fourth-order valence-electron chi connectivity index (χ4n) is 1.42. The van der Waals surface area contributed by atoms with Gasteiger partial charge in [-0.15, -0.1) is 0 Å². The Labute approximate surface area is 98.4 Å². The van der Waals surface area contributed by atoms with Gasteiger partial charge >= 0.3 is 5.97 Å². The highest BCUT2D eigenvalue weighted by atomic mass is 16.5. The van der Waals surface area contributed by atoms with Gasteiger partial charge in [-0.3, -0.25) is 4.98 Å². The van der Waals surface area contributed by atoms with E-state index in [4.69, 9.17) is 9.47 Å². The maximum absolute atomic E-state index is 11.5. The van der Waals surface area contributed by atoms with Crippen LogP contribution in [0.25, 0.3) is 11.0 Å². The van der Waals surface area contributed by atoms with Crippen LogP contribution in [0.4, 0.5) is 0 Å². The zero-order valence-corrected chi connectivity index (χ0v) is 9.64. The van der Waals surface area contributed by atoms with Gasteiger partial charge in [-0.1, -0.05) is 0 Å². The van der Waals surface area contributed by atoms with E-state index in [9.17, 15) is 4.79 Å². The van der Waals surface area contributed by atoms with Crippen molar-refractivity contribution in [2.75, 3.05) is 13.7 Å². The van der Waals surface area contributed by atoms with E-state index in [-0.39, 0.29) is 5.69 Å². The minimum Gasteiger partial charge on any atom is -0.497 e. The lowest BCUT2D eigenvalue weighted by molar-refractivity contribution is 0.0519. The Morgan fingerprint density at radius 1 is 1.35 bits per heavy atom. The van der Waals surface area contributed by atoms with Crippen molar-refractivity contribution in [1.82, 2.24) is 9.97 Å². The topological polar surface area (TPSA) is 61.3 Å². The minimum absolute atomic E-state index is 0.213. The zero-order valence-electron chi connectivity index (χ0n) is 9.64. The molecule has 0 saturated heterocycles. The second-order valence-electron chi connectivity index (χ2n) is 3.33. The molecule has 1 heterocycles. The summed E-state index contributed by atoms with van der Waals surface area (Å²) >= 11 is 0. The largest absolute Gasteiger partial charge is 0.497 e.